The highest BCUT2D eigenvalue weighted by Crippen LogP contribution is 2.09. The average Bonchev–Trinajstić information content (AvgIpc) is 2.71. The molecule has 2 heterocycles. The van der Waals surface area contributed by atoms with E-state index in [9.17, 15) is 4.79 Å². The first-order valence-corrected chi connectivity index (χ1v) is 4.88. The van der Waals surface area contributed by atoms with Gasteiger partial charge in [-0.3, -0.25) is 4.79 Å². The normalized spacial score (nSPS) is 9.93. The lowest BCUT2D eigenvalue weighted by Crippen LogP contribution is -2.13. The summed E-state index contributed by atoms with van der Waals surface area (Å²) in [5, 5.41) is 6.09. The number of anilines is 1. The van der Waals surface area contributed by atoms with Gasteiger partial charge in [-0.2, -0.15) is 0 Å². The van der Waals surface area contributed by atoms with E-state index in [0.717, 1.165) is 4.47 Å². The van der Waals surface area contributed by atoms with Crippen molar-refractivity contribution < 1.29 is 9.32 Å². The van der Waals surface area contributed by atoms with Crippen LogP contribution in [0.3, 0.4) is 0 Å². The fourth-order valence-corrected chi connectivity index (χ4v) is 1.20. The van der Waals surface area contributed by atoms with Crippen LogP contribution in [0.1, 0.15) is 10.5 Å². The summed E-state index contributed by atoms with van der Waals surface area (Å²) in [6.07, 6.45) is 2.93. The fourth-order valence-electron chi connectivity index (χ4n) is 0.967. The van der Waals surface area contributed by atoms with Gasteiger partial charge in [0.25, 0.3) is 5.91 Å². The van der Waals surface area contributed by atoms with Crippen LogP contribution < -0.4 is 5.32 Å². The van der Waals surface area contributed by atoms with E-state index in [1.54, 1.807) is 24.4 Å². The highest BCUT2D eigenvalue weighted by molar-refractivity contribution is 9.10. The molecule has 1 N–H and O–H groups in total. The standard InChI is InChI=1S/C9H6BrN3O2/c10-6-1-2-7(11-5-6)9(14)12-8-3-4-15-13-8/h1-5H,(H,12,13,14). The molecule has 0 aromatic carbocycles. The summed E-state index contributed by atoms with van der Waals surface area (Å²) < 4.78 is 5.40. The van der Waals surface area contributed by atoms with Gasteiger partial charge in [-0.05, 0) is 28.1 Å². The molecule has 0 aliphatic heterocycles. The Morgan fingerprint density at radius 1 is 1.40 bits per heavy atom. The number of halogens is 1. The van der Waals surface area contributed by atoms with Crippen LogP contribution in [0.5, 0.6) is 0 Å². The van der Waals surface area contributed by atoms with Crippen molar-refractivity contribution in [2.75, 3.05) is 5.32 Å². The highest BCUT2D eigenvalue weighted by atomic mass is 79.9. The summed E-state index contributed by atoms with van der Waals surface area (Å²) >= 11 is 3.23. The maximum atomic E-state index is 11.6. The predicted molar refractivity (Wildman–Crippen MR) is 56.4 cm³/mol. The van der Waals surface area contributed by atoms with Gasteiger partial charge < -0.3 is 9.84 Å². The monoisotopic (exact) mass is 267 g/mol. The summed E-state index contributed by atoms with van der Waals surface area (Å²) in [6.45, 7) is 0. The van der Waals surface area contributed by atoms with Crippen molar-refractivity contribution in [3.05, 3.63) is 40.8 Å². The van der Waals surface area contributed by atoms with E-state index in [4.69, 9.17) is 0 Å². The summed E-state index contributed by atoms with van der Waals surface area (Å²) in [6, 6.07) is 4.90. The zero-order valence-corrected chi connectivity index (χ0v) is 9.06. The molecular formula is C9H6BrN3O2. The molecule has 0 saturated heterocycles. The van der Waals surface area contributed by atoms with Gasteiger partial charge in [0.05, 0.1) is 0 Å². The quantitative estimate of drug-likeness (QED) is 0.905. The van der Waals surface area contributed by atoms with Crippen LogP contribution in [-0.4, -0.2) is 16.0 Å². The third-order valence-electron chi connectivity index (χ3n) is 1.64. The molecule has 0 saturated carbocycles. The molecule has 0 aliphatic carbocycles. The minimum atomic E-state index is -0.323. The molecule has 0 spiro atoms. The third kappa shape index (κ3) is 2.41. The Labute approximate surface area is 93.6 Å². The second-order valence-electron chi connectivity index (χ2n) is 2.70. The topological polar surface area (TPSA) is 68.0 Å². The molecule has 0 aliphatic rings. The molecule has 1 amide bonds. The molecule has 0 atom stereocenters. The molecular weight excluding hydrogens is 262 g/mol. The maximum Gasteiger partial charge on any atom is 0.275 e. The Kier molecular flexibility index (Phi) is 2.77. The van der Waals surface area contributed by atoms with Gasteiger partial charge in [-0.25, -0.2) is 4.98 Å². The average molecular weight is 268 g/mol. The lowest BCUT2D eigenvalue weighted by molar-refractivity contribution is 0.102. The Morgan fingerprint density at radius 3 is 2.87 bits per heavy atom. The molecule has 0 unspecified atom stereocenters. The van der Waals surface area contributed by atoms with Crippen molar-refractivity contribution in [3.8, 4) is 0 Å². The van der Waals surface area contributed by atoms with Crippen molar-refractivity contribution in [1.82, 2.24) is 10.1 Å². The number of hydrogen-bond donors (Lipinski definition) is 1. The lowest BCUT2D eigenvalue weighted by Gasteiger charge is -1.99. The van der Waals surface area contributed by atoms with Crippen LogP contribution in [-0.2, 0) is 0 Å². The van der Waals surface area contributed by atoms with E-state index in [1.807, 2.05) is 0 Å². The van der Waals surface area contributed by atoms with E-state index in [1.165, 1.54) is 6.26 Å². The van der Waals surface area contributed by atoms with Crippen LogP contribution >= 0.6 is 15.9 Å². The molecule has 2 aromatic heterocycles. The summed E-state index contributed by atoms with van der Waals surface area (Å²) in [4.78, 5) is 15.5. The molecule has 2 rings (SSSR count). The van der Waals surface area contributed by atoms with Crippen molar-refractivity contribution in [1.29, 1.82) is 0 Å². The fraction of sp³-hybridized carbons (Fsp3) is 0. The number of pyridine rings is 1. The summed E-state index contributed by atoms with van der Waals surface area (Å²) in [5.41, 5.74) is 0.321. The number of carbonyl (C=O) groups is 1. The molecule has 6 heteroatoms. The second kappa shape index (κ2) is 4.22. The highest BCUT2D eigenvalue weighted by Gasteiger charge is 2.08. The van der Waals surface area contributed by atoms with Gasteiger partial charge in [0.15, 0.2) is 5.82 Å². The molecule has 0 bridgehead atoms. The number of nitrogens with one attached hydrogen (secondary N) is 1. The summed E-state index contributed by atoms with van der Waals surface area (Å²) in [7, 11) is 0. The molecule has 5 nitrogen and oxygen atoms in total. The maximum absolute atomic E-state index is 11.6. The Balaban J connectivity index is 2.11. The van der Waals surface area contributed by atoms with Crippen LogP contribution in [0.4, 0.5) is 5.82 Å². The Bertz CT molecular complexity index is 453. The Hall–Kier alpha value is -1.69. The largest absolute Gasteiger partial charge is 0.363 e. The molecule has 0 fully saturated rings. The van der Waals surface area contributed by atoms with Crippen molar-refractivity contribution in [2.24, 2.45) is 0 Å². The first kappa shape index (κ1) is 9.85. The number of nitrogens with zero attached hydrogens (tertiary/aromatic N) is 2. The van der Waals surface area contributed by atoms with Gasteiger partial charge in [0.1, 0.15) is 12.0 Å². The van der Waals surface area contributed by atoms with Crippen LogP contribution in [0.2, 0.25) is 0 Å². The molecule has 2 aromatic rings. The lowest BCUT2D eigenvalue weighted by atomic mass is 10.3. The van der Waals surface area contributed by atoms with Gasteiger partial charge in [-0.1, -0.05) is 5.16 Å². The van der Waals surface area contributed by atoms with Crippen molar-refractivity contribution in [2.45, 2.75) is 0 Å². The van der Waals surface area contributed by atoms with Crippen LogP contribution in [0.15, 0.2) is 39.7 Å². The number of amides is 1. The number of rotatable bonds is 2. The SMILES string of the molecule is O=C(Nc1ccon1)c1ccc(Br)cn1. The van der Waals surface area contributed by atoms with Gasteiger partial charge >= 0.3 is 0 Å². The van der Waals surface area contributed by atoms with E-state index >= 15 is 0 Å². The third-order valence-corrected chi connectivity index (χ3v) is 2.11. The second-order valence-corrected chi connectivity index (χ2v) is 3.62. The Morgan fingerprint density at radius 2 is 2.27 bits per heavy atom. The number of carbonyl (C=O) groups excluding carboxylic acids is 1. The zero-order valence-electron chi connectivity index (χ0n) is 7.48. The summed E-state index contributed by atoms with van der Waals surface area (Å²) in [5.74, 6) is 0.0427. The first-order chi connectivity index (χ1) is 7.25. The van der Waals surface area contributed by atoms with E-state index < -0.39 is 0 Å². The van der Waals surface area contributed by atoms with Crippen LogP contribution in [0.25, 0.3) is 0 Å². The smallest absolute Gasteiger partial charge is 0.275 e. The van der Waals surface area contributed by atoms with E-state index in [2.05, 4.69) is 35.9 Å². The molecule has 76 valence electrons. The predicted octanol–water partition coefficient (Wildman–Crippen LogP) is 2.08. The number of hydrogen-bond acceptors (Lipinski definition) is 4. The molecule has 0 radical (unpaired) electrons. The minimum Gasteiger partial charge on any atom is -0.363 e. The van der Waals surface area contributed by atoms with Crippen LogP contribution in [0, 0.1) is 0 Å². The van der Waals surface area contributed by atoms with Gasteiger partial charge in [-0.15, -0.1) is 0 Å². The van der Waals surface area contributed by atoms with Gasteiger partial charge in [0.2, 0.25) is 0 Å². The van der Waals surface area contributed by atoms with Crippen molar-refractivity contribution >= 4 is 27.7 Å². The molecule has 15 heavy (non-hydrogen) atoms. The zero-order chi connectivity index (χ0) is 10.7. The first-order valence-electron chi connectivity index (χ1n) is 4.09. The number of aromatic nitrogens is 2. The van der Waals surface area contributed by atoms with Gasteiger partial charge in [0, 0.05) is 16.7 Å². The minimum absolute atomic E-state index is 0.321. The van der Waals surface area contributed by atoms with E-state index in [0.29, 0.717) is 11.5 Å². The van der Waals surface area contributed by atoms with Crippen molar-refractivity contribution in [3.63, 3.8) is 0 Å². The van der Waals surface area contributed by atoms with E-state index in [-0.39, 0.29) is 5.91 Å².